The Hall–Kier alpha value is -3.78. The van der Waals surface area contributed by atoms with Gasteiger partial charge in [-0.15, -0.1) is 0 Å². The van der Waals surface area contributed by atoms with Gasteiger partial charge in [0.1, 0.15) is 22.9 Å². The van der Waals surface area contributed by atoms with Gasteiger partial charge in [0.15, 0.2) is 0 Å². The first-order valence-corrected chi connectivity index (χ1v) is 10.1. The molecule has 32 heavy (non-hydrogen) atoms. The van der Waals surface area contributed by atoms with Crippen LogP contribution in [0.25, 0.3) is 0 Å². The summed E-state index contributed by atoms with van der Waals surface area (Å²) in [7, 11) is 3.06. The quantitative estimate of drug-likeness (QED) is 0.477. The van der Waals surface area contributed by atoms with Crippen LogP contribution in [0.5, 0.6) is 17.2 Å². The van der Waals surface area contributed by atoms with Crippen molar-refractivity contribution in [2.75, 3.05) is 19.5 Å². The van der Waals surface area contributed by atoms with Gasteiger partial charge in [0, 0.05) is 24.3 Å². The summed E-state index contributed by atoms with van der Waals surface area (Å²) in [5, 5.41) is 8.62. The van der Waals surface area contributed by atoms with Crippen LogP contribution in [-0.2, 0) is 0 Å². The molecular formula is C23H23ClN4O4. The lowest BCUT2D eigenvalue weighted by molar-refractivity contribution is 0.0958. The van der Waals surface area contributed by atoms with Crippen LogP contribution in [0.3, 0.4) is 0 Å². The van der Waals surface area contributed by atoms with Crippen LogP contribution in [0.1, 0.15) is 29.0 Å². The minimum atomic E-state index is -0.392. The number of benzene rings is 2. The smallest absolute Gasteiger partial charge is 0.319 e. The first-order chi connectivity index (χ1) is 15.4. The minimum absolute atomic E-state index is 0.266. The van der Waals surface area contributed by atoms with E-state index in [1.54, 1.807) is 42.5 Å². The molecule has 0 spiro atoms. The van der Waals surface area contributed by atoms with E-state index < -0.39 is 6.03 Å². The molecular weight excluding hydrogens is 432 g/mol. The normalized spacial score (nSPS) is 11.2. The molecule has 0 saturated carbocycles. The predicted molar refractivity (Wildman–Crippen MR) is 123 cm³/mol. The van der Waals surface area contributed by atoms with Crippen molar-refractivity contribution in [3.05, 3.63) is 77.1 Å². The second-order valence-electron chi connectivity index (χ2n) is 6.79. The highest BCUT2D eigenvalue weighted by molar-refractivity contribution is 6.31. The molecule has 0 aliphatic rings. The number of nitrogens with one attached hydrogen (secondary N) is 3. The van der Waals surface area contributed by atoms with Crippen LogP contribution in [0.4, 0.5) is 10.5 Å². The highest BCUT2D eigenvalue weighted by atomic mass is 35.5. The molecule has 1 atom stereocenters. The number of amides is 3. The van der Waals surface area contributed by atoms with Crippen LogP contribution < -0.4 is 25.4 Å². The molecule has 1 aromatic heterocycles. The van der Waals surface area contributed by atoms with Crippen LogP contribution in [0.15, 0.2) is 60.8 Å². The van der Waals surface area contributed by atoms with Gasteiger partial charge in [0.2, 0.25) is 0 Å². The summed E-state index contributed by atoms with van der Waals surface area (Å²) in [6.07, 6.45) is 1.51. The zero-order valence-corrected chi connectivity index (χ0v) is 18.6. The van der Waals surface area contributed by atoms with Crippen molar-refractivity contribution >= 4 is 29.2 Å². The van der Waals surface area contributed by atoms with E-state index in [9.17, 15) is 9.59 Å². The molecule has 0 bridgehead atoms. The number of halogens is 1. The molecule has 0 saturated heterocycles. The molecule has 0 radical (unpaired) electrons. The lowest BCUT2D eigenvalue weighted by Gasteiger charge is -2.17. The van der Waals surface area contributed by atoms with E-state index in [2.05, 4.69) is 20.9 Å². The van der Waals surface area contributed by atoms with E-state index in [4.69, 9.17) is 21.1 Å². The van der Waals surface area contributed by atoms with Crippen LogP contribution in [0, 0.1) is 0 Å². The van der Waals surface area contributed by atoms with Gasteiger partial charge in [-0.05, 0) is 48.9 Å². The molecule has 9 heteroatoms. The second-order valence-corrected chi connectivity index (χ2v) is 7.23. The third-order valence-corrected chi connectivity index (χ3v) is 4.80. The zero-order valence-electron chi connectivity index (χ0n) is 17.8. The highest BCUT2D eigenvalue weighted by Crippen LogP contribution is 2.28. The summed E-state index contributed by atoms with van der Waals surface area (Å²) in [5.41, 5.74) is 1.62. The van der Waals surface area contributed by atoms with Crippen molar-refractivity contribution in [1.82, 2.24) is 15.6 Å². The summed E-state index contributed by atoms with van der Waals surface area (Å²) in [6, 6.07) is 14.8. The molecule has 3 amide bonds. The number of carbonyl (C=O) groups excluding carboxylic acids is 2. The van der Waals surface area contributed by atoms with Gasteiger partial charge >= 0.3 is 6.03 Å². The third kappa shape index (κ3) is 5.89. The van der Waals surface area contributed by atoms with Gasteiger partial charge in [0.05, 0.1) is 18.8 Å². The average molecular weight is 455 g/mol. The molecule has 8 nitrogen and oxygen atoms in total. The minimum Gasteiger partial charge on any atom is -0.495 e. The number of hydrogen-bond acceptors (Lipinski definition) is 5. The lowest BCUT2D eigenvalue weighted by Crippen LogP contribution is -2.31. The number of urea groups is 1. The SMILES string of the molecule is CNC(=O)c1cc(Oc2ccc(C(C)NC(=O)Nc3cc(Cl)ccc3OC)cc2)ccn1. The number of methoxy groups -OCH3 is 1. The molecule has 1 unspecified atom stereocenters. The largest absolute Gasteiger partial charge is 0.495 e. The molecule has 2 aromatic carbocycles. The molecule has 0 aliphatic carbocycles. The molecule has 3 N–H and O–H groups in total. The van der Waals surface area contributed by atoms with Crippen molar-refractivity contribution in [1.29, 1.82) is 0 Å². The topological polar surface area (TPSA) is 102 Å². The number of carbonyl (C=O) groups is 2. The fourth-order valence-corrected chi connectivity index (χ4v) is 3.08. The number of rotatable bonds is 7. The van der Waals surface area contributed by atoms with Gasteiger partial charge < -0.3 is 25.4 Å². The zero-order chi connectivity index (χ0) is 23.1. The third-order valence-electron chi connectivity index (χ3n) is 4.56. The molecule has 1 heterocycles. The molecule has 166 valence electrons. The van der Waals surface area contributed by atoms with Crippen LogP contribution in [-0.4, -0.2) is 31.1 Å². The van der Waals surface area contributed by atoms with Crippen molar-refractivity contribution in [3.63, 3.8) is 0 Å². The van der Waals surface area contributed by atoms with E-state index in [1.165, 1.54) is 20.4 Å². The number of hydrogen-bond donors (Lipinski definition) is 3. The Kier molecular flexibility index (Phi) is 7.51. The highest BCUT2D eigenvalue weighted by Gasteiger charge is 2.13. The van der Waals surface area contributed by atoms with Crippen molar-refractivity contribution < 1.29 is 19.1 Å². The van der Waals surface area contributed by atoms with Crippen LogP contribution in [0.2, 0.25) is 5.02 Å². The van der Waals surface area contributed by atoms with E-state index in [-0.39, 0.29) is 17.6 Å². The number of nitrogens with zero attached hydrogens (tertiary/aromatic N) is 1. The predicted octanol–water partition coefficient (Wildman–Crippen LogP) is 4.78. The average Bonchev–Trinajstić information content (AvgIpc) is 2.79. The fraction of sp³-hybridized carbons (Fsp3) is 0.174. The number of aromatic nitrogens is 1. The summed E-state index contributed by atoms with van der Waals surface area (Å²) in [6.45, 7) is 1.86. The van der Waals surface area contributed by atoms with Crippen LogP contribution >= 0.6 is 11.6 Å². The molecule has 3 rings (SSSR count). The van der Waals surface area contributed by atoms with E-state index in [0.717, 1.165) is 5.56 Å². The van der Waals surface area contributed by atoms with E-state index >= 15 is 0 Å². The van der Waals surface area contributed by atoms with Gasteiger partial charge in [0.25, 0.3) is 5.91 Å². The van der Waals surface area contributed by atoms with Crippen molar-refractivity contribution in [2.45, 2.75) is 13.0 Å². The second kappa shape index (κ2) is 10.5. The van der Waals surface area contributed by atoms with E-state index in [0.29, 0.717) is 28.0 Å². The standard InChI is InChI=1S/C23H23ClN4O4/c1-14(27-23(30)28-19-12-16(24)6-9-21(19)31-3)15-4-7-17(8-5-15)32-18-10-11-26-20(13-18)22(29)25-2/h4-14H,1-3H3,(H,25,29)(H2,27,28,30). The Morgan fingerprint density at radius 2 is 1.78 bits per heavy atom. The first-order valence-electron chi connectivity index (χ1n) is 9.76. The van der Waals surface area contributed by atoms with Gasteiger partial charge in [-0.25, -0.2) is 4.79 Å². The number of anilines is 1. The van der Waals surface area contributed by atoms with Gasteiger partial charge in [-0.2, -0.15) is 0 Å². The maximum Gasteiger partial charge on any atom is 0.319 e. The number of pyridine rings is 1. The summed E-state index contributed by atoms with van der Waals surface area (Å²) < 4.78 is 11.0. The van der Waals surface area contributed by atoms with Gasteiger partial charge in [-0.1, -0.05) is 23.7 Å². The summed E-state index contributed by atoms with van der Waals surface area (Å²) in [5.74, 6) is 1.30. The maximum atomic E-state index is 12.4. The monoisotopic (exact) mass is 454 g/mol. The van der Waals surface area contributed by atoms with E-state index in [1.807, 2.05) is 19.1 Å². The van der Waals surface area contributed by atoms with Crippen molar-refractivity contribution in [3.8, 4) is 17.2 Å². The summed E-state index contributed by atoms with van der Waals surface area (Å²) >= 11 is 6.00. The Morgan fingerprint density at radius 3 is 2.47 bits per heavy atom. The Labute approximate surface area is 190 Å². The molecule has 0 aliphatic heterocycles. The summed E-state index contributed by atoms with van der Waals surface area (Å²) in [4.78, 5) is 28.1. The van der Waals surface area contributed by atoms with Gasteiger partial charge in [-0.3, -0.25) is 9.78 Å². The number of ether oxygens (including phenoxy) is 2. The Bertz CT molecular complexity index is 1110. The molecule has 0 fully saturated rings. The Balaban J connectivity index is 1.61. The molecule has 3 aromatic rings. The van der Waals surface area contributed by atoms with Crippen molar-refractivity contribution in [2.24, 2.45) is 0 Å². The first kappa shape index (κ1) is 22.9. The lowest BCUT2D eigenvalue weighted by atomic mass is 10.1. The Morgan fingerprint density at radius 1 is 1.03 bits per heavy atom. The maximum absolute atomic E-state index is 12.4. The fourth-order valence-electron chi connectivity index (χ4n) is 2.90.